The monoisotopic (exact) mass is 246 g/mol. The molecule has 0 heterocycles. The van der Waals surface area contributed by atoms with E-state index in [-0.39, 0.29) is 0 Å². The fourth-order valence-electron chi connectivity index (χ4n) is 0.831. The lowest BCUT2D eigenvalue weighted by Gasteiger charge is -2.12. The molecule has 14 heavy (non-hydrogen) atoms. The summed E-state index contributed by atoms with van der Waals surface area (Å²) in [6, 6.07) is 4.67. The quantitative estimate of drug-likeness (QED) is 0.468. The summed E-state index contributed by atoms with van der Waals surface area (Å²) in [6.45, 7) is 0. The molecule has 6 heteroatoms. The van der Waals surface area contributed by atoms with Gasteiger partial charge in [0.05, 0.1) is 22.7 Å². The second-order valence-corrected chi connectivity index (χ2v) is 3.81. The first-order chi connectivity index (χ1) is 6.69. The van der Waals surface area contributed by atoms with E-state index in [1.165, 1.54) is 6.07 Å². The molecule has 0 fully saturated rings. The van der Waals surface area contributed by atoms with Crippen LogP contribution < -0.4 is 4.31 Å². The highest BCUT2D eigenvalue weighted by atomic mass is 35.5. The van der Waals surface area contributed by atoms with E-state index in [1.54, 1.807) is 17.5 Å². The molecule has 0 saturated heterocycles. The highest BCUT2D eigenvalue weighted by Gasteiger charge is 2.10. The Bertz CT molecular complexity index is 391. The van der Waals surface area contributed by atoms with Gasteiger partial charge in [0.2, 0.25) is 6.41 Å². The number of hydrogen-bond acceptors (Lipinski definition) is 3. The molecule has 1 rings (SSSR count). The van der Waals surface area contributed by atoms with Crippen molar-refractivity contribution in [2.24, 2.45) is 0 Å². The normalized spacial score (nSPS) is 9.21. The number of rotatable bonds is 3. The van der Waals surface area contributed by atoms with Crippen LogP contribution in [-0.2, 0) is 4.79 Å². The third kappa shape index (κ3) is 2.55. The predicted octanol–water partition coefficient (Wildman–Crippen LogP) is 3.09. The molecule has 3 nitrogen and oxygen atoms in total. The van der Waals surface area contributed by atoms with Crippen LogP contribution in [0.5, 0.6) is 0 Å². The molecule has 1 aromatic rings. The molecule has 0 N–H and O–H groups in total. The van der Waals surface area contributed by atoms with Crippen molar-refractivity contribution in [3.05, 3.63) is 28.2 Å². The van der Waals surface area contributed by atoms with Gasteiger partial charge in [-0.3, -0.25) is 4.79 Å². The van der Waals surface area contributed by atoms with E-state index in [0.717, 1.165) is 4.31 Å². The van der Waals surface area contributed by atoms with Crippen LogP contribution in [0.25, 0.3) is 0 Å². The molecule has 0 atom stereocenters. The topological polar surface area (TPSA) is 44.1 Å². The highest BCUT2D eigenvalue weighted by molar-refractivity contribution is 8.05. The van der Waals surface area contributed by atoms with Gasteiger partial charge in [0.25, 0.3) is 0 Å². The maximum Gasteiger partial charge on any atom is 0.225 e. The SMILES string of the molecule is N#CSN(C=O)c1ccc(Cl)cc1Cl. The van der Waals surface area contributed by atoms with Crippen molar-refractivity contribution in [2.45, 2.75) is 0 Å². The van der Waals surface area contributed by atoms with E-state index in [2.05, 4.69) is 0 Å². The molecule has 72 valence electrons. The van der Waals surface area contributed by atoms with Gasteiger partial charge in [0.15, 0.2) is 5.40 Å². The number of benzene rings is 1. The average Bonchev–Trinajstić information content (AvgIpc) is 2.15. The summed E-state index contributed by atoms with van der Waals surface area (Å²) in [4.78, 5) is 10.6. The minimum absolute atomic E-state index is 0.326. The minimum Gasteiger partial charge on any atom is -0.277 e. The summed E-state index contributed by atoms with van der Waals surface area (Å²) in [5.41, 5.74) is 0.442. The molecular weight excluding hydrogens is 243 g/mol. The molecule has 0 radical (unpaired) electrons. The van der Waals surface area contributed by atoms with Crippen molar-refractivity contribution in [3.63, 3.8) is 0 Å². The van der Waals surface area contributed by atoms with Crippen molar-refractivity contribution >= 4 is 47.2 Å². The number of hydrogen-bond donors (Lipinski definition) is 0. The maximum atomic E-state index is 10.6. The highest BCUT2D eigenvalue weighted by Crippen LogP contribution is 2.31. The average molecular weight is 247 g/mol. The number of carbonyl (C=O) groups excluding carboxylic acids is 1. The lowest BCUT2D eigenvalue weighted by Crippen LogP contribution is -2.10. The fraction of sp³-hybridized carbons (Fsp3) is 0. The lowest BCUT2D eigenvalue weighted by molar-refractivity contribution is -0.106. The number of amides is 1. The van der Waals surface area contributed by atoms with Crippen molar-refractivity contribution in [1.29, 1.82) is 5.26 Å². The van der Waals surface area contributed by atoms with Crippen LogP contribution in [0.3, 0.4) is 0 Å². The summed E-state index contributed by atoms with van der Waals surface area (Å²) in [5, 5.41) is 11.0. The third-order valence-electron chi connectivity index (χ3n) is 1.38. The van der Waals surface area contributed by atoms with Gasteiger partial charge in [-0.2, -0.15) is 5.26 Å². The Morgan fingerprint density at radius 2 is 2.21 bits per heavy atom. The minimum atomic E-state index is 0.326. The van der Waals surface area contributed by atoms with Crippen LogP contribution in [0.1, 0.15) is 0 Å². The van der Waals surface area contributed by atoms with Gasteiger partial charge in [0, 0.05) is 5.02 Å². The molecule has 0 unspecified atom stereocenters. The number of nitrogens with zero attached hydrogens (tertiary/aromatic N) is 2. The molecular formula is C8H4Cl2N2OS. The van der Waals surface area contributed by atoms with Crippen LogP contribution in [0, 0.1) is 10.7 Å². The Morgan fingerprint density at radius 1 is 1.50 bits per heavy atom. The maximum absolute atomic E-state index is 10.6. The molecule has 1 amide bonds. The number of thiocyanates is 1. The third-order valence-corrected chi connectivity index (χ3v) is 2.48. The van der Waals surface area contributed by atoms with E-state index in [1.807, 2.05) is 0 Å². The van der Waals surface area contributed by atoms with Gasteiger partial charge in [0.1, 0.15) is 0 Å². The Morgan fingerprint density at radius 3 is 2.71 bits per heavy atom. The smallest absolute Gasteiger partial charge is 0.225 e. The van der Waals surface area contributed by atoms with E-state index in [9.17, 15) is 4.79 Å². The zero-order valence-corrected chi connectivity index (χ0v) is 9.10. The molecule has 0 aliphatic carbocycles. The van der Waals surface area contributed by atoms with Crippen molar-refractivity contribution < 1.29 is 4.79 Å². The van der Waals surface area contributed by atoms with Crippen molar-refractivity contribution in [1.82, 2.24) is 0 Å². The number of anilines is 1. The molecule has 0 bridgehead atoms. The molecule has 1 aromatic carbocycles. The molecule has 0 saturated carbocycles. The van der Waals surface area contributed by atoms with Gasteiger partial charge in [-0.25, -0.2) is 4.31 Å². The first-order valence-electron chi connectivity index (χ1n) is 3.44. The number of carbonyl (C=O) groups is 1. The largest absolute Gasteiger partial charge is 0.277 e. The van der Waals surface area contributed by atoms with Crippen LogP contribution >= 0.6 is 35.1 Å². The van der Waals surface area contributed by atoms with Crippen molar-refractivity contribution in [2.75, 3.05) is 4.31 Å². The van der Waals surface area contributed by atoms with Crippen LogP contribution in [0.15, 0.2) is 18.2 Å². The zero-order valence-electron chi connectivity index (χ0n) is 6.78. The van der Waals surface area contributed by atoms with Gasteiger partial charge in [-0.15, -0.1) is 0 Å². The second-order valence-electron chi connectivity index (χ2n) is 2.21. The summed E-state index contributed by atoms with van der Waals surface area (Å²) in [6.07, 6.45) is 0.517. The first kappa shape index (κ1) is 11.2. The lowest BCUT2D eigenvalue weighted by atomic mass is 10.3. The van der Waals surface area contributed by atoms with Gasteiger partial charge >= 0.3 is 0 Å². The Balaban J connectivity index is 3.05. The van der Waals surface area contributed by atoms with E-state index >= 15 is 0 Å². The van der Waals surface area contributed by atoms with Crippen molar-refractivity contribution in [3.8, 4) is 5.40 Å². The van der Waals surface area contributed by atoms with Gasteiger partial charge in [-0.05, 0) is 18.2 Å². The standard InChI is InChI=1S/C8H4Cl2N2OS/c9-6-1-2-8(7(10)3-6)12(5-13)14-4-11/h1-3,5H. The molecule has 0 aliphatic heterocycles. The fourth-order valence-corrected chi connectivity index (χ4v) is 1.77. The zero-order chi connectivity index (χ0) is 10.6. The summed E-state index contributed by atoms with van der Waals surface area (Å²) in [5.74, 6) is 0. The van der Waals surface area contributed by atoms with Gasteiger partial charge < -0.3 is 0 Å². The van der Waals surface area contributed by atoms with E-state index in [4.69, 9.17) is 28.5 Å². The molecule has 0 aromatic heterocycles. The first-order valence-corrected chi connectivity index (χ1v) is 4.97. The van der Waals surface area contributed by atoms with Gasteiger partial charge in [-0.1, -0.05) is 23.2 Å². The summed E-state index contributed by atoms with van der Waals surface area (Å²) < 4.78 is 1.12. The number of nitriles is 1. The molecule has 0 spiro atoms. The summed E-state index contributed by atoms with van der Waals surface area (Å²) >= 11 is 12.2. The van der Waals surface area contributed by atoms with Crippen LogP contribution in [0.4, 0.5) is 5.69 Å². The second kappa shape index (κ2) is 5.11. The Kier molecular flexibility index (Phi) is 4.08. The van der Waals surface area contributed by atoms with Crippen LogP contribution in [-0.4, -0.2) is 6.41 Å². The molecule has 0 aliphatic rings. The van der Waals surface area contributed by atoms with E-state index in [0.29, 0.717) is 34.1 Å². The van der Waals surface area contributed by atoms with E-state index < -0.39 is 0 Å². The van der Waals surface area contributed by atoms with Crippen LogP contribution in [0.2, 0.25) is 10.0 Å². The predicted molar refractivity (Wildman–Crippen MR) is 58.2 cm³/mol. The Labute approximate surface area is 95.3 Å². The Hall–Kier alpha value is -0.890. The summed E-state index contributed by atoms with van der Waals surface area (Å²) in [7, 11) is 0. The number of halogens is 2.